The van der Waals surface area contributed by atoms with Crippen LogP contribution in [0.1, 0.15) is 18.4 Å². The Morgan fingerprint density at radius 1 is 1.04 bits per heavy atom. The van der Waals surface area contributed by atoms with Gasteiger partial charge in [-0.1, -0.05) is 17.7 Å². The Morgan fingerprint density at radius 2 is 1.59 bits per heavy atom. The van der Waals surface area contributed by atoms with Gasteiger partial charge in [-0.3, -0.25) is 9.59 Å². The van der Waals surface area contributed by atoms with Gasteiger partial charge in [0.1, 0.15) is 11.5 Å². The van der Waals surface area contributed by atoms with Crippen LogP contribution < -0.4 is 20.7 Å². The number of amides is 2. The SMILES string of the molecule is Cc1ccc(Oc2ccc(NC(=O)C[NH+]3CCC(C(N)=O)CC3)cc2)cc1. The minimum absolute atomic E-state index is 0.0327. The summed E-state index contributed by atoms with van der Waals surface area (Å²) < 4.78 is 5.79. The molecule has 6 heteroatoms. The molecule has 0 radical (unpaired) electrons. The van der Waals surface area contributed by atoms with Gasteiger partial charge >= 0.3 is 0 Å². The molecule has 2 aromatic carbocycles. The number of nitrogens with two attached hydrogens (primary N) is 1. The maximum Gasteiger partial charge on any atom is 0.279 e. The average molecular weight is 368 g/mol. The summed E-state index contributed by atoms with van der Waals surface area (Å²) in [5, 5.41) is 2.91. The van der Waals surface area contributed by atoms with E-state index in [9.17, 15) is 9.59 Å². The molecule has 27 heavy (non-hydrogen) atoms. The largest absolute Gasteiger partial charge is 0.457 e. The smallest absolute Gasteiger partial charge is 0.279 e. The van der Waals surface area contributed by atoms with Crippen LogP contribution in [0.25, 0.3) is 0 Å². The maximum atomic E-state index is 12.2. The predicted molar refractivity (Wildman–Crippen MR) is 104 cm³/mol. The van der Waals surface area contributed by atoms with E-state index in [1.54, 1.807) is 0 Å². The van der Waals surface area contributed by atoms with E-state index in [-0.39, 0.29) is 17.7 Å². The lowest BCUT2D eigenvalue weighted by Crippen LogP contribution is -3.14. The van der Waals surface area contributed by atoms with E-state index in [2.05, 4.69) is 5.32 Å². The highest BCUT2D eigenvalue weighted by Gasteiger charge is 2.26. The first-order chi connectivity index (χ1) is 13.0. The van der Waals surface area contributed by atoms with Crippen LogP contribution >= 0.6 is 0 Å². The molecule has 142 valence electrons. The molecule has 2 aromatic rings. The Morgan fingerprint density at radius 3 is 2.15 bits per heavy atom. The number of ether oxygens (including phenoxy) is 1. The maximum absolute atomic E-state index is 12.2. The molecule has 1 saturated heterocycles. The molecule has 0 unspecified atom stereocenters. The first-order valence-electron chi connectivity index (χ1n) is 9.27. The molecule has 3 rings (SSSR count). The Kier molecular flexibility index (Phi) is 6.08. The van der Waals surface area contributed by atoms with Crippen LogP contribution in [0.5, 0.6) is 11.5 Å². The van der Waals surface area contributed by atoms with Crippen molar-refractivity contribution < 1.29 is 19.2 Å². The van der Waals surface area contributed by atoms with Gasteiger partial charge in [-0.25, -0.2) is 0 Å². The molecule has 2 amide bonds. The van der Waals surface area contributed by atoms with E-state index >= 15 is 0 Å². The molecule has 4 N–H and O–H groups in total. The van der Waals surface area contributed by atoms with Crippen LogP contribution in [0.4, 0.5) is 5.69 Å². The van der Waals surface area contributed by atoms with E-state index in [1.165, 1.54) is 10.5 Å². The molecule has 6 nitrogen and oxygen atoms in total. The van der Waals surface area contributed by atoms with E-state index in [4.69, 9.17) is 10.5 Å². The first kappa shape index (κ1) is 18.9. The van der Waals surface area contributed by atoms with Gasteiger partial charge in [0.15, 0.2) is 6.54 Å². The molecule has 1 aliphatic heterocycles. The fourth-order valence-corrected chi connectivity index (χ4v) is 3.27. The zero-order chi connectivity index (χ0) is 19.2. The number of hydrogen-bond acceptors (Lipinski definition) is 3. The zero-order valence-corrected chi connectivity index (χ0v) is 15.5. The lowest BCUT2D eigenvalue weighted by atomic mass is 9.96. The fraction of sp³-hybridized carbons (Fsp3) is 0.333. The molecule has 0 spiro atoms. The number of hydrogen-bond donors (Lipinski definition) is 3. The molecule has 1 heterocycles. The minimum Gasteiger partial charge on any atom is -0.457 e. The number of aryl methyl sites for hydroxylation is 1. The molecule has 0 atom stereocenters. The number of quaternary nitrogens is 1. The second kappa shape index (κ2) is 8.68. The van der Waals surface area contributed by atoms with Crippen LogP contribution in [0, 0.1) is 12.8 Å². The summed E-state index contributed by atoms with van der Waals surface area (Å²) in [7, 11) is 0. The number of piperidine rings is 1. The van der Waals surface area contributed by atoms with Gasteiger partial charge in [0.25, 0.3) is 5.91 Å². The van der Waals surface area contributed by atoms with Crippen LogP contribution in [-0.4, -0.2) is 31.4 Å². The zero-order valence-electron chi connectivity index (χ0n) is 15.5. The monoisotopic (exact) mass is 368 g/mol. The van der Waals surface area contributed by atoms with Crippen molar-refractivity contribution in [1.29, 1.82) is 0 Å². The molecule has 0 bridgehead atoms. The normalized spacial score (nSPS) is 19.3. The van der Waals surface area contributed by atoms with Crippen molar-refractivity contribution in [2.24, 2.45) is 11.7 Å². The number of benzene rings is 2. The second-order valence-corrected chi connectivity index (χ2v) is 7.09. The van der Waals surface area contributed by atoms with Gasteiger partial charge in [-0.2, -0.15) is 0 Å². The van der Waals surface area contributed by atoms with E-state index < -0.39 is 0 Å². The number of primary amides is 1. The van der Waals surface area contributed by atoms with Gasteiger partial charge in [-0.05, 0) is 43.3 Å². The highest BCUT2D eigenvalue weighted by Crippen LogP contribution is 2.23. The first-order valence-corrected chi connectivity index (χ1v) is 9.27. The summed E-state index contributed by atoms with van der Waals surface area (Å²) in [6.07, 6.45) is 1.51. The Hall–Kier alpha value is -2.86. The van der Waals surface area contributed by atoms with E-state index in [0.717, 1.165) is 43.1 Å². The van der Waals surface area contributed by atoms with Crippen molar-refractivity contribution in [3.05, 3.63) is 54.1 Å². The Bertz CT molecular complexity index is 779. The molecule has 0 saturated carbocycles. The molecular weight excluding hydrogens is 342 g/mol. The lowest BCUT2D eigenvalue weighted by Gasteiger charge is -2.27. The molecule has 1 fully saturated rings. The van der Waals surface area contributed by atoms with Crippen molar-refractivity contribution in [3.63, 3.8) is 0 Å². The molecule has 1 aliphatic rings. The predicted octanol–water partition coefficient (Wildman–Crippen LogP) is 1.51. The number of likely N-dealkylation sites (tertiary alicyclic amines) is 1. The third-order valence-corrected chi connectivity index (χ3v) is 4.90. The van der Waals surface area contributed by atoms with Crippen molar-refractivity contribution in [1.82, 2.24) is 0 Å². The molecule has 0 aromatic heterocycles. The summed E-state index contributed by atoms with van der Waals surface area (Å²) in [6, 6.07) is 15.2. The summed E-state index contributed by atoms with van der Waals surface area (Å²) in [5.41, 5.74) is 7.27. The fourth-order valence-electron chi connectivity index (χ4n) is 3.27. The highest BCUT2D eigenvalue weighted by molar-refractivity contribution is 5.91. The third kappa shape index (κ3) is 5.56. The number of rotatable bonds is 6. The molecule has 0 aliphatic carbocycles. The van der Waals surface area contributed by atoms with Gasteiger partial charge in [0.2, 0.25) is 5.91 Å². The summed E-state index contributed by atoms with van der Waals surface area (Å²) >= 11 is 0. The minimum atomic E-state index is -0.230. The van der Waals surface area contributed by atoms with Gasteiger partial charge in [0.05, 0.1) is 13.1 Å². The van der Waals surface area contributed by atoms with Crippen molar-refractivity contribution in [2.45, 2.75) is 19.8 Å². The Balaban J connectivity index is 1.47. The van der Waals surface area contributed by atoms with Crippen molar-refractivity contribution >= 4 is 17.5 Å². The van der Waals surface area contributed by atoms with Crippen molar-refractivity contribution in [2.75, 3.05) is 25.0 Å². The number of anilines is 1. The second-order valence-electron chi connectivity index (χ2n) is 7.09. The van der Waals surface area contributed by atoms with E-state index in [0.29, 0.717) is 6.54 Å². The van der Waals surface area contributed by atoms with Gasteiger partial charge < -0.3 is 20.7 Å². The van der Waals surface area contributed by atoms with Crippen LogP contribution in [0.2, 0.25) is 0 Å². The standard InChI is InChI=1S/C21H25N3O3/c1-15-2-6-18(7-3-15)27-19-8-4-17(5-9-19)23-20(25)14-24-12-10-16(11-13-24)21(22)26/h2-9,16H,10-14H2,1H3,(H2,22,26)(H,23,25)/p+1. The molecular formula is C21H26N3O3+. The summed E-state index contributed by atoms with van der Waals surface area (Å²) in [5.74, 6) is 1.19. The Labute approximate surface area is 159 Å². The third-order valence-electron chi connectivity index (χ3n) is 4.90. The van der Waals surface area contributed by atoms with Crippen LogP contribution in [-0.2, 0) is 9.59 Å². The van der Waals surface area contributed by atoms with Crippen LogP contribution in [0.15, 0.2) is 48.5 Å². The highest BCUT2D eigenvalue weighted by atomic mass is 16.5. The summed E-state index contributed by atoms with van der Waals surface area (Å²) in [6.45, 7) is 4.02. The number of carbonyl (C=O) groups is 2. The number of carbonyl (C=O) groups excluding carboxylic acids is 2. The van der Waals surface area contributed by atoms with E-state index in [1.807, 2.05) is 55.5 Å². The van der Waals surface area contributed by atoms with Gasteiger partial charge in [-0.15, -0.1) is 0 Å². The summed E-state index contributed by atoms with van der Waals surface area (Å²) in [4.78, 5) is 24.6. The lowest BCUT2D eigenvalue weighted by molar-refractivity contribution is -0.897. The number of nitrogens with one attached hydrogen (secondary N) is 2. The topological polar surface area (TPSA) is 85.9 Å². The van der Waals surface area contributed by atoms with Crippen molar-refractivity contribution in [3.8, 4) is 11.5 Å². The van der Waals surface area contributed by atoms with Gasteiger partial charge in [0, 0.05) is 24.4 Å². The van der Waals surface area contributed by atoms with Crippen LogP contribution in [0.3, 0.4) is 0 Å². The average Bonchev–Trinajstić information content (AvgIpc) is 2.65. The quantitative estimate of drug-likeness (QED) is 0.722.